The first-order valence-electron chi connectivity index (χ1n) is 14.5. The molecule has 0 rings (SSSR count). The third kappa shape index (κ3) is 13.4. The Morgan fingerprint density at radius 3 is 1.03 bits per heavy atom. The van der Waals surface area contributed by atoms with Crippen molar-refractivity contribution in [1.29, 1.82) is 0 Å². The molecule has 0 saturated carbocycles. The molecule has 0 bridgehead atoms. The van der Waals surface area contributed by atoms with Crippen LogP contribution >= 0.6 is 0 Å². The molecule has 0 saturated heterocycles. The van der Waals surface area contributed by atoms with E-state index in [1.165, 1.54) is 0 Å². The maximum absolute atomic E-state index is 13.3. The van der Waals surface area contributed by atoms with Crippen LogP contribution in [0.15, 0.2) is 0 Å². The van der Waals surface area contributed by atoms with Gasteiger partial charge in [0, 0.05) is 0 Å². The van der Waals surface area contributed by atoms with Crippen molar-refractivity contribution in [3.05, 3.63) is 0 Å². The summed E-state index contributed by atoms with van der Waals surface area (Å²) < 4.78 is 18.7. The molecule has 0 aliphatic heterocycles. The maximum atomic E-state index is 13.3. The van der Waals surface area contributed by atoms with Crippen LogP contribution in [0.2, 0.25) is 4.44 Å². The molecule has 0 aliphatic carbocycles. The van der Waals surface area contributed by atoms with Gasteiger partial charge in [0.1, 0.15) is 0 Å². The SMILES string of the molecule is CCCC[C@@H](CC)C(=O)[O][Sn]([CH2]CCC)([O]C(=O)[C@H](CC)CCCC)[O]C(=O)[C@@H](CC)CCCC. The van der Waals surface area contributed by atoms with Crippen LogP contribution in [-0.4, -0.2) is 37.5 Å². The van der Waals surface area contributed by atoms with Gasteiger partial charge in [-0.15, -0.1) is 0 Å². The summed E-state index contributed by atoms with van der Waals surface area (Å²) in [4.78, 5) is 39.9. The van der Waals surface area contributed by atoms with Crippen molar-refractivity contribution in [3.63, 3.8) is 0 Å². The number of unbranched alkanes of at least 4 members (excludes halogenated alkanes) is 4. The predicted molar refractivity (Wildman–Crippen MR) is 144 cm³/mol. The van der Waals surface area contributed by atoms with E-state index in [4.69, 9.17) is 9.22 Å². The van der Waals surface area contributed by atoms with Crippen molar-refractivity contribution in [2.24, 2.45) is 17.8 Å². The van der Waals surface area contributed by atoms with Gasteiger partial charge in [0.25, 0.3) is 0 Å². The Kier molecular flexibility index (Phi) is 19.8. The van der Waals surface area contributed by atoms with Crippen LogP contribution in [-0.2, 0) is 23.6 Å². The monoisotopic (exact) mass is 606 g/mol. The van der Waals surface area contributed by atoms with Crippen LogP contribution in [0.4, 0.5) is 0 Å². The second kappa shape index (κ2) is 20.3. The Morgan fingerprint density at radius 2 is 0.800 bits per heavy atom. The van der Waals surface area contributed by atoms with E-state index in [0.29, 0.717) is 30.1 Å². The Labute approximate surface area is 221 Å². The van der Waals surface area contributed by atoms with Gasteiger partial charge in [0.15, 0.2) is 0 Å². The van der Waals surface area contributed by atoms with Gasteiger partial charge in [0.05, 0.1) is 0 Å². The molecule has 0 aliphatic rings. The summed E-state index contributed by atoms with van der Waals surface area (Å²) in [5.41, 5.74) is 0. The summed E-state index contributed by atoms with van der Waals surface area (Å²) in [7, 11) is 0. The minimum atomic E-state index is -4.89. The zero-order chi connectivity index (χ0) is 26.7. The molecule has 35 heavy (non-hydrogen) atoms. The second-order valence-electron chi connectivity index (χ2n) is 9.79. The first kappa shape index (κ1) is 34.2. The summed E-state index contributed by atoms with van der Waals surface area (Å²) in [6.45, 7) is 14.2. The Hall–Kier alpha value is -0.791. The molecule has 0 aromatic carbocycles. The molecule has 206 valence electrons. The summed E-state index contributed by atoms with van der Waals surface area (Å²) in [5, 5.41) is 0. The van der Waals surface area contributed by atoms with E-state index < -0.39 is 19.6 Å². The van der Waals surface area contributed by atoms with Crippen molar-refractivity contribution in [2.45, 2.75) is 143 Å². The van der Waals surface area contributed by atoms with Gasteiger partial charge in [-0.1, -0.05) is 0 Å². The zero-order valence-corrected chi connectivity index (χ0v) is 26.6. The topological polar surface area (TPSA) is 78.9 Å². The van der Waals surface area contributed by atoms with Gasteiger partial charge in [-0.2, -0.15) is 0 Å². The van der Waals surface area contributed by atoms with Gasteiger partial charge in [0.2, 0.25) is 0 Å². The molecular formula is C28H54O6Sn. The van der Waals surface area contributed by atoms with Gasteiger partial charge < -0.3 is 0 Å². The third-order valence-electron chi connectivity index (χ3n) is 6.80. The first-order chi connectivity index (χ1) is 16.8. The molecular weight excluding hydrogens is 551 g/mol. The van der Waals surface area contributed by atoms with Crippen molar-refractivity contribution < 1.29 is 23.6 Å². The molecule has 0 amide bonds. The molecule has 0 spiro atoms. The average molecular weight is 605 g/mol. The molecule has 3 atom stereocenters. The zero-order valence-electron chi connectivity index (χ0n) is 23.8. The van der Waals surface area contributed by atoms with Crippen molar-refractivity contribution in [2.75, 3.05) is 0 Å². The third-order valence-corrected chi connectivity index (χ3v) is 13.9. The molecule has 0 heterocycles. The summed E-state index contributed by atoms with van der Waals surface area (Å²) in [6, 6.07) is 0. The molecule has 6 nitrogen and oxygen atoms in total. The van der Waals surface area contributed by atoms with Crippen LogP contribution in [0.25, 0.3) is 0 Å². The van der Waals surface area contributed by atoms with E-state index in [0.717, 1.165) is 64.2 Å². The number of rotatable bonds is 21. The van der Waals surface area contributed by atoms with Crippen LogP contribution in [0.1, 0.15) is 138 Å². The second-order valence-corrected chi connectivity index (χ2v) is 16.9. The van der Waals surface area contributed by atoms with Crippen LogP contribution < -0.4 is 0 Å². The molecule has 0 N–H and O–H groups in total. The summed E-state index contributed by atoms with van der Waals surface area (Å²) in [5.74, 6) is -1.90. The molecule has 0 unspecified atom stereocenters. The standard InChI is InChI=1S/3C8H16O2.C4H9.Sn/c3*1-3-5-6-7(4-2)8(9)10;1-3-4-2;/h3*7H,3-6H2,1-2H3,(H,9,10);1,3-4H2,2H3;/q;;;;+3/p-3/t3*7-;;/m110../s1. The number of hydrogen-bond acceptors (Lipinski definition) is 6. The van der Waals surface area contributed by atoms with E-state index in [2.05, 4.69) is 20.8 Å². The number of hydrogen-bond donors (Lipinski definition) is 0. The Balaban J connectivity index is 6.10. The van der Waals surface area contributed by atoms with Crippen molar-refractivity contribution in [1.82, 2.24) is 0 Å². The van der Waals surface area contributed by atoms with E-state index in [-0.39, 0.29) is 35.7 Å². The molecule has 0 fully saturated rings. The molecule has 0 aromatic heterocycles. The summed E-state index contributed by atoms with van der Waals surface area (Å²) in [6.07, 6.45) is 11.4. The van der Waals surface area contributed by atoms with E-state index in [1.807, 2.05) is 27.7 Å². The van der Waals surface area contributed by atoms with Crippen molar-refractivity contribution in [3.8, 4) is 0 Å². The van der Waals surface area contributed by atoms with E-state index >= 15 is 0 Å². The Bertz CT molecular complexity index is 520. The molecule has 0 radical (unpaired) electrons. The number of carbonyl (C=O) groups is 3. The number of carbonyl (C=O) groups excluding carboxylic acids is 3. The quantitative estimate of drug-likeness (QED) is 0.123. The van der Waals surface area contributed by atoms with E-state index in [9.17, 15) is 14.4 Å². The average Bonchev–Trinajstić information content (AvgIpc) is 2.84. The Morgan fingerprint density at radius 1 is 0.514 bits per heavy atom. The minimum absolute atomic E-state index is 0.269. The fourth-order valence-electron chi connectivity index (χ4n) is 4.14. The van der Waals surface area contributed by atoms with Gasteiger partial charge in [-0.05, 0) is 0 Å². The first-order valence-corrected chi connectivity index (χ1v) is 20.0. The molecule has 0 aromatic rings. The van der Waals surface area contributed by atoms with Crippen LogP contribution in [0.3, 0.4) is 0 Å². The van der Waals surface area contributed by atoms with Crippen molar-refractivity contribution >= 4 is 37.5 Å². The summed E-state index contributed by atoms with van der Waals surface area (Å²) >= 11 is -4.89. The molecule has 7 heteroatoms. The fraction of sp³-hybridized carbons (Fsp3) is 0.893. The normalized spacial score (nSPS) is 14.1. The van der Waals surface area contributed by atoms with Crippen LogP contribution in [0, 0.1) is 17.8 Å². The fourth-order valence-corrected chi connectivity index (χ4v) is 11.7. The van der Waals surface area contributed by atoms with Gasteiger partial charge in [-0.3, -0.25) is 0 Å². The van der Waals surface area contributed by atoms with Crippen LogP contribution in [0.5, 0.6) is 0 Å². The van der Waals surface area contributed by atoms with Gasteiger partial charge in [-0.25, -0.2) is 0 Å². The predicted octanol–water partition coefficient (Wildman–Crippen LogP) is 8.00. The van der Waals surface area contributed by atoms with Gasteiger partial charge >= 0.3 is 222 Å². The van der Waals surface area contributed by atoms with E-state index in [1.54, 1.807) is 0 Å².